The van der Waals surface area contributed by atoms with Gasteiger partial charge in [0.05, 0.1) is 5.52 Å². The Morgan fingerprint density at radius 2 is 1.72 bits per heavy atom. The van der Waals surface area contributed by atoms with E-state index in [1.165, 1.54) is 16.6 Å². The predicted octanol–water partition coefficient (Wildman–Crippen LogP) is 4.93. The molecule has 1 N–H and O–H groups in total. The summed E-state index contributed by atoms with van der Waals surface area (Å²) in [6.45, 7) is 9.90. The van der Waals surface area contributed by atoms with Gasteiger partial charge in [-0.1, -0.05) is 46.3 Å². The lowest BCUT2D eigenvalue weighted by atomic mass is 10.1. The zero-order valence-electron chi connectivity index (χ0n) is 17.1. The summed E-state index contributed by atoms with van der Waals surface area (Å²) in [5.74, 6) is 0. The number of fused-ring (bicyclic) bond motifs is 1. The van der Waals surface area contributed by atoms with Crippen LogP contribution in [0.15, 0.2) is 59.1 Å². The van der Waals surface area contributed by atoms with Gasteiger partial charge in [0, 0.05) is 60.5 Å². The molecule has 4 nitrogen and oxygen atoms in total. The summed E-state index contributed by atoms with van der Waals surface area (Å²) < 4.78 is 1.09. The number of halogens is 1. The fourth-order valence-corrected chi connectivity index (χ4v) is 4.38. The maximum Gasteiger partial charge on any atom is 0.0726 e. The van der Waals surface area contributed by atoms with E-state index in [0.717, 1.165) is 67.9 Å². The largest absolute Gasteiger partial charge is 0.384 e. The number of aryl methyl sites for hydroxylation is 1. The third-order valence-corrected chi connectivity index (χ3v) is 6.07. The number of benzene rings is 2. The third kappa shape index (κ3) is 5.56. The van der Waals surface area contributed by atoms with Gasteiger partial charge >= 0.3 is 0 Å². The van der Waals surface area contributed by atoms with Crippen LogP contribution in [0.3, 0.4) is 0 Å². The van der Waals surface area contributed by atoms with Crippen molar-refractivity contribution < 1.29 is 0 Å². The van der Waals surface area contributed by atoms with E-state index in [-0.39, 0.29) is 0 Å². The van der Waals surface area contributed by atoms with Gasteiger partial charge in [-0.15, -0.1) is 0 Å². The molecule has 0 aliphatic carbocycles. The molecule has 29 heavy (non-hydrogen) atoms. The fraction of sp³-hybridized carbons (Fsp3) is 0.375. The van der Waals surface area contributed by atoms with Crippen molar-refractivity contribution in [2.45, 2.75) is 19.9 Å². The summed E-state index contributed by atoms with van der Waals surface area (Å²) >= 11 is 3.58. The first-order chi connectivity index (χ1) is 14.2. The second-order valence-electron chi connectivity index (χ2n) is 7.86. The van der Waals surface area contributed by atoms with Crippen LogP contribution in [0, 0.1) is 6.92 Å². The molecular weight excluding hydrogens is 424 g/mol. The lowest BCUT2D eigenvalue weighted by molar-refractivity contribution is 0.127. The van der Waals surface area contributed by atoms with Crippen LogP contribution in [-0.4, -0.2) is 54.1 Å². The SMILES string of the molecule is Cc1cc(NCCCN2CCN(Cc3ccccc3)CC2)c2cc(Br)ccc2n1. The molecule has 1 saturated heterocycles. The molecule has 0 amide bonds. The standard InChI is InChI=1S/C24H29BrN4/c1-19-16-24(22-17-21(25)8-9-23(22)27-19)26-10-5-11-28-12-14-29(15-13-28)18-20-6-3-2-4-7-20/h2-4,6-9,16-17H,5,10-15,18H2,1H3,(H,26,27). The molecule has 2 heterocycles. The van der Waals surface area contributed by atoms with E-state index in [4.69, 9.17) is 0 Å². The van der Waals surface area contributed by atoms with Crippen molar-refractivity contribution in [1.82, 2.24) is 14.8 Å². The Morgan fingerprint density at radius 3 is 2.52 bits per heavy atom. The maximum absolute atomic E-state index is 4.64. The van der Waals surface area contributed by atoms with Gasteiger partial charge in [0.25, 0.3) is 0 Å². The average Bonchev–Trinajstić information content (AvgIpc) is 2.73. The quantitative estimate of drug-likeness (QED) is 0.515. The summed E-state index contributed by atoms with van der Waals surface area (Å²) in [6, 6.07) is 19.2. The van der Waals surface area contributed by atoms with Crippen molar-refractivity contribution >= 4 is 32.5 Å². The Hall–Kier alpha value is -1.95. The van der Waals surface area contributed by atoms with E-state index in [1.54, 1.807) is 0 Å². The molecule has 0 radical (unpaired) electrons. The zero-order valence-corrected chi connectivity index (χ0v) is 18.7. The first-order valence-corrected chi connectivity index (χ1v) is 11.3. The molecule has 0 saturated carbocycles. The molecule has 2 aromatic carbocycles. The third-order valence-electron chi connectivity index (χ3n) is 5.58. The molecule has 4 rings (SSSR count). The predicted molar refractivity (Wildman–Crippen MR) is 125 cm³/mol. The molecule has 152 valence electrons. The molecular formula is C24H29BrN4. The molecule has 0 unspecified atom stereocenters. The minimum atomic E-state index is 0.981. The van der Waals surface area contributed by atoms with E-state index in [9.17, 15) is 0 Å². The molecule has 1 aromatic heterocycles. The van der Waals surface area contributed by atoms with Gasteiger partial charge in [-0.2, -0.15) is 0 Å². The Balaban J connectivity index is 1.23. The maximum atomic E-state index is 4.64. The Morgan fingerprint density at radius 1 is 0.966 bits per heavy atom. The van der Waals surface area contributed by atoms with Gasteiger partial charge in [0.15, 0.2) is 0 Å². The van der Waals surface area contributed by atoms with E-state index in [1.807, 2.05) is 0 Å². The number of hydrogen-bond donors (Lipinski definition) is 1. The van der Waals surface area contributed by atoms with Crippen LogP contribution in [-0.2, 0) is 6.54 Å². The van der Waals surface area contributed by atoms with E-state index in [0.29, 0.717) is 0 Å². The van der Waals surface area contributed by atoms with Gasteiger partial charge in [-0.05, 0) is 49.7 Å². The van der Waals surface area contributed by atoms with Crippen molar-refractivity contribution in [3.8, 4) is 0 Å². The summed E-state index contributed by atoms with van der Waals surface area (Å²) in [5.41, 5.74) is 4.69. The summed E-state index contributed by atoms with van der Waals surface area (Å²) in [5, 5.41) is 4.82. The zero-order chi connectivity index (χ0) is 20.1. The summed E-state index contributed by atoms with van der Waals surface area (Å²) in [4.78, 5) is 9.80. The number of pyridine rings is 1. The molecule has 0 bridgehead atoms. The molecule has 0 spiro atoms. The highest BCUT2D eigenvalue weighted by Gasteiger charge is 2.16. The van der Waals surface area contributed by atoms with Crippen molar-refractivity contribution in [2.75, 3.05) is 44.6 Å². The van der Waals surface area contributed by atoms with Gasteiger partial charge < -0.3 is 10.2 Å². The average molecular weight is 453 g/mol. The first-order valence-electron chi connectivity index (χ1n) is 10.5. The molecule has 0 atom stereocenters. The van der Waals surface area contributed by atoms with Crippen LogP contribution in [0.1, 0.15) is 17.7 Å². The number of nitrogens with one attached hydrogen (secondary N) is 1. The van der Waals surface area contributed by atoms with Crippen molar-refractivity contribution in [3.05, 3.63) is 70.3 Å². The number of piperazine rings is 1. The smallest absolute Gasteiger partial charge is 0.0726 e. The molecule has 1 aliphatic heterocycles. The van der Waals surface area contributed by atoms with E-state index < -0.39 is 0 Å². The van der Waals surface area contributed by atoms with E-state index >= 15 is 0 Å². The Kier molecular flexibility index (Phi) is 6.80. The minimum absolute atomic E-state index is 0.981. The van der Waals surface area contributed by atoms with E-state index in [2.05, 4.69) is 97.6 Å². The Labute approximate surface area is 182 Å². The van der Waals surface area contributed by atoms with Crippen molar-refractivity contribution in [1.29, 1.82) is 0 Å². The van der Waals surface area contributed by atoms with Crippen LogP contribution >= 0.6 is 15.9 Å². The summed E-state index contributed by atoms with van der Waals surface area (Å²) in [6.07, 6.45) is 1.15. The number of rotatable bonds is 7. The molecule has 5 heteroatoms. The lowest BCUT2D eigenvalue weighted by Crippen LogP contribution is -2.46. The molecule has 1 fully saturated rings. The fourth-order valence-electron chi connectivity index (χ4n) is 4.02. The lowest BCUT2D eigenvalue weighted by Gasteiger charge is -2.34. The first kappa shape index (κ1) is 20.3. The van der Waals surface area contributed by atoms with Crippen LogP contribution in [0.5, 0.6) is 0 Å². The second-order valence-corrected chi connectivity index (χ2v) is 8.77. The number of anilines is 1. The van der Waals surface area contributed by atoms with Crippen molar-refractivity contribution in [2.24, 2.45) is 0 Å². The summed E-state index contributed by atoms with van der Waals surface area (Å²) in [7, 11) is 0. The van der Waals surface area contributed by atoms with Crippen LogP contribution in [0.25, 0.3) is 10.9 Å². The van der Waals surface area contributed by atoms with Crippen LogP contribution < -0.4 is 5.32 Å². The number of nitrogens with zero attached hydrogens (tertiary/aromatic N) is 3. The Bertz CT molecular complexity index is 936. The highest BCUT2D eigenvalue weighted by molar-refractivity contribution is 9.10. The number of aromatic nitrogens is 1. The van der Waals surface area contributed by atoms with Crippen molar-refractivity contribution in [3.63, 3.8) is 0 Å². The monoisotopic (exact) mass is 452 g/mol. The van der Waals surface area contributed by atoms with Gasteiger partial charge in [0.2, 0.25) is 0 Å². The topological polar surface area (TPSA) is 31.4 Å². The van der Waals surface area contributed by atoms with Gasteiger partial charge in [-0.3, -0.25) is 9.88 Å². The highest BCUT2D eigenvalue weighted by atomic mass is 79.9. The number of hydrogen-bond acceptors (Lipinski definition) is 4. The van der Waals surface area contributed by atoms with Crippen LogP contribution in [0.2, 0.25) is 0 Å². The van der Waals surface area contributed by atoms with Crippen LogP contribution in [0.4, 0.5) is 5.69 Å². The van der Waals surface area contributed by atoms with Gasteiger partial charge in [0.1, 0.15) is 0 Å². The molecule has 1 aliphatic rings. The normalized spacial score (nSPS) is 15.7. The van der Waals surface area contributed by atoms with Gasteiger partial charge in [-0.25, -0.2) is 0 Å². The highest BCUT2D eigenvalue weighted by Crippen LogP contribution is 2.26. The molecule has 3 aromatic rings. The minimum Gasteiger partial charge on any atom is -0.384 e. The second kappa shape index (κ2) is 9.70.